The molecule has 0 aliphatic carbocycles. The van der Waals surface area contributed by atoms with Crippen LogP contribution >= 0.6 is 11.3 Å². The molecule has 0 radical (unpaired) electrons. The number of para-hydroxylation sites is 1. The van der Waals surface area contributed by atoms with E-state index >= 15 is 0 Å². The maximum atomic E-state index is 12.8. The zero-order valence-corrected chi connectivity index (χ0v) is 19.6. The van der Waals surface area contributed by atoms with Crippen LogP contribution in [0.15, 0.2) is 53.3 Å². The van der Waals surface area contributed by atoms with E-state index in [4.69, 9.17) is 14.2 Å². The first-order chi connectivity index (χ1) is 16.9. The fourth-order valence-electron chi connectivity index (χ4n) is 3.40. The van der Waals surface area contributed by atoms with Gasteiger partial charge in [0.15, 0.2) is 11.5 Å². The van der Waals surface area contributed by atoms with Gasteiger partial charge >= 0.3 is 5.97 Å². The molecular weight excluding hydrogens is 472 g/mol. The summed E-state index contributed by atoms with van der Waals surface area (Å²) in [6.45, 7) is 3.86. The Kier molecular flexibility index (Phi) is 5.91. The third-order valence-electron chi connectivity index (χ3n) is 5.19. The van der Waals surface area contributed by atoms with E-state index in [1.165, 1.54) is 21.9 Å². The van der Waals surface area contributed by atoms with Crippen LogP contribution in [0.4, 0.5) is 5.69 Å². The monoisotopic (exact) mass is 492 g/mol. The van der Waals surface area contributed by atoms with Crippen LogP contribution in [-0.2, 0) is 11.3 Å². The van der Waals surface area contributed by atoms with E-state index in [-0.39, 0.29) is 36.1 Å². The minimum atomic E-state index is -0.666. The number of aromatic nitrogens is 3. The van der Waals surface area contributed by atoms with Crippen molar-refractivity contribution in [3.63, 3.8) is 0 Å². The predicted octanol–water partition coefficient (Wildman–Crippen LogP) is 3.61. The molecule has 1 aliphatic rings. The van der Waals surface area contributed by atoms with E-state index in [1.54, 1.807) is 42.5 Å². The van der Waals surface area contributed by atoms with Crippen molar-refractivity contribution in [3.05, 3.63) is 80.7 Å². The van der Waals surface area contributed by atoms with Crippen molar-refractivity contribution in [1.29, 1.82) is 0 Å². The van der Waals surface area contributed by atoms with Gasteiger partial charge in [0.25, 0.3) is 11.5 Å². The first-order valence-corrected chi connectivity index (χ1v) is 11.6. The maximum Gasteiger partial charge on any atom is 0.340 e. The van der Waals surface area contributed by atoms with Crippen LogP contribution in [-0.4, -0.2) is 33.3 Å². The van der Waals surface area contributed by atoms with Crippen LogP contribution in [0.1, 0.15) is 51.2 Å². The maximum absolute atomic E-state index is 12.8. The van der Waals surface area contributed by atoms with Gasteiger partial charge in [0, 0.05) is 17.5 Å². The van der Waals surface area contributed by atoms with Gasteiger partial charge in [-0.1, -0.05) is 37.3 Å². The van der Waals surface area contributed by atoms with Gasteiger partial charge in [0.1, 0.15) is 11.6 Å². The first-order valence-electron chi connectivity index (χ1n) is 10.8. The van der Waals surface area contributed by atoms with E-state index in [9.17, 15) is 14.4 Å². The Bertz CT molecular complexity index is 1510. The Hall–Kier alpha value is -4.25. The Labute approximate surface area is 203 Å². The van der Waals surface area contributed by atoms with E-state index in [2.05, 4.69) is 15.4 Å². The molecule has 0 saturated heterocycles. The van der Waals surface area contributed by atoms with Gasteiger partial charge in [-0.2, -0.15) is 9.61 Å². The number of carbonyl (C=O) groups excluding carboxylic acids is 2. The molecule has 35 heavy (non-hydrogen) atoms. The molecule has 0 bridgehead atoms. The van der Waals surface area contributed by atoms with Crippen LogP contribution in [0.3, 0.4) is 0 Å². The summed E-state index contributed by atoms with van der Waals surface area (Å²) < 4.78 is 17.2. The third kappa shape index (κ3) is 4.58. The summed E-state index contributed by atoms with van der Waals surface area (Å²) in [4.78, 5) is 42.8. The number of hydrogen-bond acceptors (Lipinski definition) is 9. The normalized spacial score (nSPS) is 12.2. The summed E-state index contributed by atoms with van der Waals surface area (Å²) in [6, 6.07) is 12.6. The molecule has 2 aromatic carbocycles. The third-order valence-corrected chi connectivity index (χ3v) is 6.40. The quantitative estimate of drug-likeness (QED) is 0.405. The first kappa shape index (κ1) is 22.5. The molecule has 178 valence electrons. The molecule has 0 fully saturated rings. The molecule has 2 aromatic heterocycles. The average Bonchev–Trinajstić information content (AvgIpc) is 3.50. The number of rotatable bonds is 6. The number of esters is 1. The number of hydrogen-bond donors (Lipinski definition) is 1. The van der Waals surface area contributed by atoms with Crippen molar-refractivity contribution in [2.45, 2.75) is 26.4 Å². The summed E-state index contributed by atoms with van der Waals surface area (Å²) >= 11 is 1.31. The molecule has 0 unspecified atom stereocenters. The van der Waals surface area contributed by atoms with Crippen LogP contribution in [0.25, 0.3) is 4.96 Å². The van der Waals surface area contributed by atoms with Gasteiger partial charge in [-0.3, -0.25) is 9.59 Å². The van der Waals surface area contributed by atoms with Crippen molar-refractivity contribution in [2.24, 2.45) is 0 Å². The second kappa shape index (κ2) is 9.18. The largest absolute Gasteiger partial charge is 0.456 e. The number of amides is 1. The van der Waals surface area contributed by atoms with E-state index < -0.39 is 11.9 Å². The fraction of sp³-hybridized carbons (Fsp3) is 0.208. The SMILES string of the molecule is CC(C)c1nn2c(=O)cc(COC(=O)c3ccccc3NC(=O)c3ccc4c(c3)OCO4)nc2s1. The Morgan fingerprint density at radius 3 is 2.77 bits per heavy atom. The van der Waals surface area contributed by atoms with Crippen molar-refractivity contribution < 1.29 is 23.8 Å². The highest BCUT2D eigenvalue weighted by Gasteiger charge is 2.19. The summed E-state index contributed by atoms with van der Waals surface area (Å²) in [5.74, 6) is 0.116. The van der Waals surface area contributed by atoms with Crippen LogP contribution < -0.4 is 20.3 Å². The predicted molar refractivity (Wildman–Crippen MR) is 127 cm³/mol. The average molecular weight is 493 g/mol. The summed E-state index contributed by atoms with van der Waals surface area (Å²) in [5.41, 5.74) is 0.762. The molecule has 0 saturated carbocycles. The van der Waals surface area contributed by atoms with Crippen molar-refractivity contribution in [1.82, 2.24) is 14.6 Å². The second-order valence-corrected chi connectivity index (χ2v) is 9.01. The van der Waals surface area contributed by atoms with Gasteiger partial charge < -0.3 is 19.5 Å². The van der Waals surface area contributed by atoms with Crippen LogP contribution in [0.5, 0.6) is 11.5 Å². The molecular formula is C24H20N4O6S. The number of benzene rings is 2. The zero-order chi connectivity index (χ0) is 24.5. The summed E-state index contributed by atoms with van der Waals surface area (Å²) in [7, 11) is 0. The van der Waals surface area contributed by atoms with Gasteiger partial charge in [0.2, 0.25) is 11.8 Å². The molecule has 4 aromatic rings. The number of nitrogens with one attached hydrogen (secondary N) is 1. The fourth-order valence-corrected chi connectivity index (χ4v) is 4.32. The molecule has 1 N–H and O–H groups in total. The molecule has 11 heteroatoms. The highest BCUT2D eigenvalue weighted by atomic mass is 32.1. The molecule has 1 aliphatic heterocycles. The molecule has 0 spiro atoms. The van der Waals surface area contributed by atoms with Gasteiger partial charge in [0.05, 0.1) is 16.9 Å². The number of carbonyl (C=O) groups is 2. The van der Waals surface area contributed by atoms with Crippen LogP contribution in [0.2, 0.25) is 0 Å². The lowest BCUT2D eigenvalue weighted by Gasteiger charge is -2.11. The smallest absolute Gasteiger partial charge is 0.340 e. The minimum Gasteiger partial charge on any atom is -0.456 e. The second-order valence-electron chi connectivity index (χ2n) is 8.02. The Morgan fingerprint density at radius 1 is 1.14 bits per heavy atom. The van der Waals surface area contributed by atoms with Gasteiger partial charge in [-0.25, -0.2) is 9.78 Å². The molecule has 3 heterocycles. The lowest BCUT2D eigenvalue weighted by molar-refractivity contribution is 0.0469. The van der Waals surface area contributed by atoms with E-state index in [1.807, 2.05) is 13.8 Å². The standard InChI is InChI=1S/C24H20N4O6S/c1-13(2)22-27-28-20(29)10-15(25-24(28)35-22)11-32-23(31)16-5-3-4-6-17(16)26-21(30)14-7-8-18-19(9-14)34-12-33-18/h3-10,13H,11-12H2,1-2H3,(H,26,30). The van der Waals surface area contributed by atoms with E-state index in [0.717, 1.165) is 5.01 Å². The minimum absolute atomic E-state index is 0.102. The number of anilines is 1. The summed E-state index contributed by atoms with van der Waals surface area (Å²) in [6.07, 6.45) is 0. The van der Waals surface area contributed by atoms with Crippen molar-refractivity contribution >= 4 is 33.9 Å². The van der Waals surface area contributed by atoms with Gasteiger partial charge in [-0.05, 0) is 30.3 Å². The van der Waals surface area contributed by atoms with Gasteiger partial charge in [-0.15, -0.1) is 0 Å². The molecule has 10 nitrogen and oxygen atoms in total. The number of nitrogens with zero attached hydrogens (tertiary/aromatic N) is 3. The Balaban J connectivity index is 1.31. The molecule has 1 amide bonds. The zero-order valence-electron chi connectivity index (χ0n) is 18.8. The van der Waals surface area contributed by atoms with E-state index in [0.29, 0.717) is 27.7 Å². The lowest BCUT2D eigenvalue weighted by Crippen LogP contribution is -2.18. The van der Waals surface area contributed by atoms with Crippen molar-refractivity contribution in [3.8, 4) is 11.5 Å². The summed E-state index contributed by atoms with van der Waals surface area (Å²) in [5, 5.41) is 7.80. The topological polar surface area (TPSA) is 121 Å². The number of fused-ring (bicyclic) bond motifs is 2. The highest BCUT2D eigenvalue weighted by molar-refractivity contribution is 7.16. The highest BCUT2D eigenvalue weighted by Crippen LogP contribution is 2.32. The lowest BCUT2D eigenvalue weighted by atomic mass is 10.1. The molecule has 5 rings (SSSR count). The number of ether oxygens (including phenoxy) is 3. The van der Waals surface area contributed by atoms with Crippen LogP contribution in [0, 0.1) is 0 Å². The van der Waals surface area contributed by atoms with Crippen molar-refractivity contribution in [2.75, 3.05) is 12.1 Å². The Morgan fingerprint density at radius 2 is 1.94 bits per heavy atom. The molecule has 0 atom stereocenters.